The molecule has 2 N–H and O–H groups in total. The van der Waals surface area contributed by atoms with Crippen molar-refractivity contribution in [1.29, 1.82) is 0 Å². The average molecular weight is 681 g/mol. The second kappa shape index (κ2) is 16.2. The van der Waals surface area contributed by atoms with Gasteiger partial charge in [0.15, 0.2) is 5.69 Å². The Hall–Kier alpha value is -5.00. The first-order valence-electron chi connectivity index (χ1n) is 15.1. The molecule has 3 heterocycles. The number of alkyl halides is 3. The summed E-state index contributed by atoms with van der Waals surface area (Å²) in [7, 11) is 0. The van der Waals surface area contributed by atoms with Crippen molar-refractivity contribution in [3.63, 3.8) is 0 Å². The molecule has 3 amide bonds. The van der Waals surface area contributed by atoms with E-state index < -0.39 is 41.6 Å². The number of hydrogen-bond donors (Lipinski definition) is 2. The zero-order valence-electron chi connectivity index (χ0n) is 26.3. The molecule has 0 bridgehead atoms. The second-order valence-corrected chi connectivity index (χ2v) is 11.0. The standard InChI is InChI=1S/C30H36F4N8O6/c1-3-47-29(46)41-13-11-39(12-14-41)19-25(43)36-23-8-10-40(28(45)26(23)32)9-7-21(31)17-42-18-24(37-38-42)27(44)35-16-20-5-4-6-22(15-20)48-30(2,33)34/h4-6,8,10,15,18,21H,3,7,9,11-14,16-17,19H2,1-2H3,(H,35,44)(H,36,43). The number of hydrogen-bond acceptors (Lipinski definition) is 9. The molecule has 1 saturated heterocycles. The van der Waals surface area contributed by atoms with E-state index in [-0.39, 0.29) is 56.3 Å². The van der Waals surface area contributed by atoms with Gasteiger partial charge in [0.25, 0.3) is 11.5 Å². The normalized spacial score (nSPS) is 14.3. The van der Waals surface area contributed by atoms with Crippen molar-refractivity contribution in [3.05, 3.63) is 70.2 Å². The van der Waals surface area contributed by atoms with Gasteiger partial charge in [-0.2, -0.15) is 13.2 Å². The topological polar surface area (TPSA) is 153 Å². The van der Waals surface area contributed by atoms with E-state index in [1.165, 1.54) is 41.6 Å². The number of amides is 3. The minimum atomic E-state index is -3.36. The predicted octanol–water partition coefficient (Wildman–Crippen LogP) is 2.64. The lowest BCUT2D eigenvalue weighted by Gasteiger charge is -2.33. The van der Waals surface area contributed by atoms with Crippen LogP contribution in [-0.4, -0.2) is 98.9 Å². The van der Waals surface area contributed by atoms with E-state index in [0.717, 1.165) is 9.25 Å². The van der Waals surface area contributed by atoms with Gasteiger partial charge in [-0.1, -0.05) is 17.3 Å². The third-order valence-corrected chi connectivity index (χ3v) is 7.13. The maximum Gasteiger partial charge on any atom is 0.409 e. The number of carbonyl (C=O) groups excluding carboxylic acids is 3. The van der Waals surface area contributed by atoms with Gasteiger partial charge in [-0.05, 0) is 37.1 Å². The van der Waals surface area contributed by atoms with Crippen molar-refractivity contribution in [2.45, 2.75) is 52.2 Å². The molecule has 1 aliphatic rings. The fourth-order valence-corrected chi connectivity index (χ4v) is 4.78. The molecule has 1 aliphatic heterocycles. The maximum atomic E-state index is 14.8. The molecule has 14 nitrogen and oxygen atoms in total. The number of piperazine rings is 1. The van der Waals surface area contributed by atoms with Crippen molar-refractivity contribution in [3.8, 4) is 5.75 Å². The average Bonchev–Trinajstić information content (AvgIpc) is 3.50. The van der Waals surface area contributed by atoms with E-state index in [4.69, 9.17) is 4.74 Å². The summed E-state index contributed by atoms with van der Waals surface area (Å²) in [6.45, 7) is 3.60. The fourth-order valence-electron chi connectivity index (χ4n) is 4.78. The lowest BCUT2D eigenvalue weighted by Crippen LogP contribution is -2.50. The molecular weight excluding hydrogens is 644 g/mol. The number of anilines is 1. The van der Waals surface area contributed by atoms with E-state index in [1.54, 1.807) is 17.9 Å². The fraction of sp³-hybridized carbons (Fsp3) is 0.467. The van der Waals surface area contributed by atoms with Crippen LogP contribution in [0.15, 0.2) is 47.5 Å². The van der Waals surface area contributed by atoms with E-state index in [0.29, 0.717) is 38.7 Å². The first-order valence-corrected chi connectivity index (χ1v) is 15.1. The molecular formula is C30H36F4N8O6. The highest BCUT2D eigenvalue weighted by atomic mass is 19.3. The van der Waals surface area contributed by atoms with Gasteiger partial charge in [0.2, 0.25) is 11.7 Å². The van der Waals surface area contributed by atoms with E-state index in [2.05, 4.69) is 25.7 Å². The van der Waals surface area contributed by atoms with Gasteiger partial charge in [0, 0.05) is 52.4 Å². The van der Waals surface area contributed by atoms with E-state index in [9.17, 15) is 36.7 Å². The number of halogens is 4. The lowest BCUT2D eigenvalue weighted by atomic mass is 10.2. The smallest absolute Gasteiger partial charge is 0.409 e. The van der Waals surface area contributed by atoms with Crippen LogP contribution in [0.4, 0.5) is 28.0 Å². The molecule has 260 valence electrons. The molecule has 0 saturated carbocycles. The molecule has 3 aromatic rings. The molecule has 1 aromatic carbocycles. The predicted molar refractivity (Wildman–Crippen MR) is 163 cm³/mol. The maximum absolute atomic E-state index is 14.8. The number of benzene rings is 1. The highest BCUT2D eigenvalue weighted by Gasteiger charge is 2.25. The highest BCUT2D eigenvalue weighted by molar-refractivity contribution is 5.92. The molecule has 0 radical (unpaired) electrons. The van der Waals surface area contributed by atoms with Gasteiger partial charge in [-0.3, -0.25) is 19.3 Å². The summed E-state index contributed by atoms with van der Waals surface area (Å²) in [6, 6.07) is 7.02. The van der Waals surface area contributed by atoms with Gasteiger partial charge in [-0.25, -0.2) is 13.9 Å². The van der Waals surface area contributed by atoms with Crippen molar-refractivity contribution >= 4 is 23.6 Å². The second-order valence-electron chi connectivity index (χ2n) is 11.0. The summed E-state index contributed by atoms with van der Waals surface area (Å²) >= 11 is 0. The zero-order valence-corrected chi connectivity index (χ0v) is 26.3. The van der Waals surface area contributed by atoms with Gasteiger partial charge < -0.3 is 29.6 Å². The van der Waals surface area contributed by atoms with Crippen LogP contribution in [0.25, 0.3) is 0 Å². The summed E-state index contributed by atoms with van der Waals surface area (Å²) in [5, 5.41) is 12.4. The number of aromatic nitrogens is 4. The Morgan fingerprint density at radius 3 is 2.58 bits per heavy atom. The third-order valence-electron chi connectivity index (χ3n) is 7.13. The van der Waals surface area contributed by atoms with Crippen molar-refractivity contribution < 1.29 is 41.4 Å². The quantitative estimate of drug-likeness (QED) is 0.245. The number of nitrogens with one attached hydrogen (secondary N) is 2. The molecule has 1 fully saturated rings. The first-order chi connectivity index (χ1) is 22.8. The molecule has 1 unspecified atom stereocenters. The van der Waals surface area contributed by atoms with Gasteiger partial charge in [0.1, 0.15) is 11.9 Å². The number of rotatable bonds is 14. The van der Waals surface area contributed by atoms with Crippen molar-refractivity contribution in [2.24, 2.45) is 0 Å². The molecule has 1 atom stereocenters. The van der Waals surface area contributed by atoms with Gasteiger partial charge in [-0.15, -0.1) is 5.10 Å². The van der Waals surface area contributed by atoms with Gasteiger partial charge in [0.05, 0.1) is 31.6 Å². The molecule has 18 heteroatoms. The Bertz CT molecular complexity index is 1640. The van der Waals surface area contributed by atoms with E-state index >= 15 is 0 Å². The molecule has 0 aliphatic carbocycles. The third kappa shape index (κ3) is 10.5. The zero-order chi connectivity index (χ0) is 34.8. The Morgan fingerprint density at radius 1 is 1.12 bits per heavy atom. The number of aryl methyl sites for hydroxylation is 1. The number of ether oxygens (including phenoxy) is 2. The molecule has 48 heavy (non-hydrogen) atoms. The summed E-state index contributed by atoms with van der Waals surface area (Å²) in [5.74, 6) is -2.43. The van der Waals surface area contributed by atoms with Crippen LogP contribution in [0.3, 0.4) is 0 Å². The first kappa shape index (κ1) is 35.8. The highest BCUT2D eigenvalue weighted by Crippen LogP contribution is 2.22. The van der Waals surface area contributed by atoms with Crippen LogP contribution in [0.2, 0.25) is 0 Å². The number of pyridine rings is 1. The summed E-state index contributed by atoms with van der Waals surface area (Å²) in [6.07, 6.45) is -3.05. The number of nitrogens with zero attached hydrogens (tertiary/aromatic N) is 6. The van der Waals surface area contributed by atoms with Crippen LogP contribution in [0.5, 0.6) is 5.75 Å². The van der Waals surface area contributed by atoms with Crippen molar-refractivity contribution in [2.75, 3.05) is 44.6 Å². The SMILES string of the molecule is CCOC(=O)N1CCN(CC(=O)Nc2ccn(CCC(F)Cn3cc(C(=O)NCc4cccc(OC(C)(F)F)c4)nn3)c(=O)c2F)CC1. The summed E-state index contributed by atoms with van der Waals surface area (Å²) in [5.41, 5.74) is -0.959. The van der Waals surface area contributed by atoms with Crippen LogP contribution < -0.4 is 20.9 Å². The Morgan fingerprint density at radius 2 is 1.88 bits per heavy atom. The molecule has 4 rings (SSSR count). The van der Waals surface area contributed by atoms with Crippen LogP contribution in [0.1, 0.15) is 36.3 Å². The van der Waals surface area contributed by atoms with Crippen LogP contribution in [0, 0.1) is 5.82 Å². The van der Waals surface area contributed by atoms with E-state index in [1.807, 2.05) is 0 Å². The van der Waals surface area contributed by atoms with Crippen LogP contribution >= 0.6 is 0 Å². The summed E-state index contributed by atoms with van der Waals surface area (Å²) in [4.78, 5) is 52.6. The minimum Gasteiger partial charge on any atom is -0.450 e. The van der Waals surface area contributed by atoms with Gasteiger partial charge >= 0.3 is 12.2 Å². The van der Waals surface area contributed by atoms with Crippen molar-refractivity contribution in [1.82, 2.24) is 34.7 Å². The molecule has 2 aromatic heterocycles. The van der Waals surface area contributed by atoms with Crippen LogP contribution in [-0.2, 0) is 29.2 Å². The Balaban J connectivity index is 1.21. The largest absolute Gasteiger partial charge is 0.450 e. The Labute approximate surface area is 272 Å². The summed E-state index contributed by atoms with van der Waals surface area (Å²) < 4.78 is 67.3. The minimum absolute atomic E-state index is 0.0203. The lowest BCUT2D eigenvalue weighted by molar-refractivity contribution is -0.159. The number of carbonyl (C=O) groups is 3. The molecule has 0 spiro atoms. The monoisotopic (exact) mass is 680 g/mol. The Kier molecular flexibility index (Phi) is 12.1.